The van der Waals surface area contributed by atoms with E-state index in [9.17, 15) is 4.79 Å². The fourth-order valence-electron chi connectivity index (χ4n) is 2.61. The number of halogens is 1. The SMILES string of the molecule is CCCCC(C)(CC)C(=O)OCCN1CCCCC1.Cl. The first-order valence-corrected chi connectivity index (χ1v) is 8.02. The molecule has 0 bridgehead atoms. The van der Waals surface area contributed by atoms with E-state index in [2.05, 4.69) is 18.7 Å². The van der Waals surface area contributed by atoms with Crippen molar-refractivity contribution in [3.05, 3.63) is 0 Å². The second-order valence-corrected chi connectivity index (χ2v) is 6.06. The molecule has 0 radical (unpaired) electrons. The Kier molecular flexibility index (Phi) is 10.3. The van der Waals surface area contributed by atoms with Gasteiger partial charge in [-0.05, 0) is 45.7 Å². The lowest BCUT2D eigenvalue weighted by atomic mass is 9.82. The van der Waals surface area contributed by atoms with Crippen molar-refractivity contribution in [2.24, 2.45) is 5.41 Å². The Morgan fingerprint density at radius 3 is 2.40 bits per heavy atom. The summed E-state index contributed by atoms with van der Waals surface area (Å²) < 4.78 is 5.52. The first kappa shape index (κ1) is 19.7. The summed E-state index contributed by atoms with van der Waals surface area (Å²) in [4.78, 5) is 14.6. The normalized spacial score (nSPS) is 18.9. The highest BCUT2D eigenvalue weighted by Crippen LogP contribution is 2.29. The van der Waals surface area contributed by atoms with Crippen LogP contribution >= 0.6 is 12.4 Å². The van der Waals surface area contributed by atoms with Crippen LogP contribution in [0.5, 0.6) is 0 Å². The molecule has 1 unspecified atom stereocenters. The van der Waals surface area contributed by atoms with Crippen molar-refractivity contribution in [3.63, 3.8) is 0 Å². The van der Waals surface area contributed by atoms with Gasteiger partial charge >= 0.3 is 5.97 Å². The van der Waals surface area contributed by atoms with E-state index in [1.165, 1.54) is 32.4 Å². The van der Waals surface area contributed by atoms with Gasteiger partial charge in [0.15, 0.2) is 0 Å². The molecule has 0 aromatic heterocycles. The van der Waals surface area contributed by atoms with Crippen LogP contribution in [0.1, 0.15) is 65.7 Å². The van der Waals surface area contributed by atoms with Crippen molar-refractivity contribution in [1.29, 1.82) is 0 Å². The van der Waals surface area contributed by atoms with Gasteiger partial charge in [0.05, 0.1) is 5.41 Å². The number of likely N-dealkylation sites (tertiary alicyclic amines) is 1. The van der Waals surface area contributed by atoms with Gasteiger partial charge in [-0.3, -0.25) is 9.69 Å². The van der Waals surface area contributed by atoms with E-state index in [4.69, 9.17) is 4.74 Å². The second-order valence-electron chi connectivity index (χ2n) is 6.06. The molecule has 1 saturated heterocycles. The smallest absolute Gasteiger partial charge is 0.311 e. The topological polar surface area (TPSA) is 29.5 Å². The fourth-order valence-corrected chi connectivity index (χ4v) is 2.61. The van der Waals surface area contributed by atoms with Gasteiger partial charge in [0.25, 0.3) is 0 Å². The Hall–Kier alpha value is -0.280. The summed E-state index contributed by atoms with van der Waals surface area (Å²) >= 11 is 0. The van der Waals surface area contributed by atoms with E-state index >= 15 is 0 Å². The monoisotopic (exact) mass is 305 g/mol. The lowest BCUT2D eigenvalue weighted by Crippen LogP contribution is -2.35. The molecule has 120 valence electrons. The number of piperidine rings is 1. The van der Waals surface area contributed by atoms with Crippen molar-refractivity contribution < 1.29 is 9.53 Å². The summed E-state index contributed by atoms with van der Waals surface area (Å²) in [6, 6.07) is 0. The highest BCUT2D eigenvalue weighted by Gasteiger charge is 2.32. The zero-order valence-corrected chi connectivity index (χ0v) is 14.3. The van der Waals surface area contributed by atoms with E-state index in [-0.39, 0.29) is 23.8 Å². The third-order valence-corrected chi connectivity index (χ3v) is 4.44. The van der Waals surface area contributed by atoms with Gasteiger partial charge in [-0.15, -0.1) is 12.4 Å². The van der Waals surface area contributed by atoms with Gasteiger partial charge in [0.1, 0.15) is 6.61 Å². The molecule has 0 amide bonds. The Morgan fingerprint density at radius 1 is 1.20 bits per heavy atom. The van der Waals surface area contributed by atoms with Gasteiger partial charge in [-0.1, -0.05) is 33.1 Å². The summed E-state index contributed by atoms with van der Waals surface area (Å²) in [6.45, 7) is 10.1. The molecule has 0 N–H and O–H groups in total. The van der Waals surface area contributed by atoms with Crippen LogP contribution in [0.25, 0.3) is 0 Å². The van der Waals surface area contributed by atoms with Gasteiger partial charge in [0.2, 0.25) is 0 Å². The molecule has 0 aromatic carbocycles. The van der Waals surface area contributed by atoms with E-state index in [0.717, 1.165) is 32.2 Å². The van der Waals surface area contributed by atoms with Crippen LogP contribution in [-0.4, -0.2) is 37.1 Å². The average Bonchev–Trinajstić information content (AvgIpc) is 2.45. The summed E-state index contributed by atoms with van der Waals surface area (Å²) in [5.74, 6) is 0.000425. The molecule has 4 heteroatoms. The lowest BCUT2D eigenvalue weighted by Gasteiger charge is -2.28. The van der Waals surface area contributed by atoms with Gasteiger partial charge < -0.3 is 4.74 Å². The quantitative estimate of drug-likeness (QED) is 0.634. The van der Waals surface area contributed by atoms with Crippen molar-refractivity contribution in [2.75, 3.05) is 26.2 Å². The molecule has 1 rings (SSSR count). The molecule has 1 heterocycles. The number of unbranched alkanes of at least 4 members (excludes halogenated alkanes) is 1. The molecule has 3 nitrogen and oxygen atoms in total. The van der Waals surface area contributed by atoms with Crippen LogP contribution in [0.2, 0.25) is 0 Å². The fraction of sp³-hybridized carbons (Fsp3) is 0.938. The minimum Gasteiger partial charge on any atom is -0.464 e. The van der Waals surface area contributed by atoms with E-state index < -0.39 is 0 Å². The molecular formula is C16H32ClNO2. The maximum Gasteiger partial charge on any atom is 0.311 e. The molecule has 1 fully saturated rings. The first-order valence-electron chi connectivity index (χ1n) is 8.02. The maximum atomic E-state index is 12.2. The molecule has 0 saturated carbocycles. The molecular weight excluding hydrogens is 274 g/mol. The zero-order chi connectivity index (χ0) is 14.1. The predicted octanol–water partition coefficient (Wildman–Crippen LogP) is 4.04. The number of ether oxygens (including phenoxy) is 1. The number of hydrogen-bond acceptors (Lipinski definition) is 3. The van der Waals surface area contributed by atoms with Crippen LogP contribution in [0.3, 0.4) is 0 Å². The molecule has 0 aliphatic carbocycles. The Balaban J connectivity index is 0.00000361. The van der Waals surface area contributed by atoms with Crippen molar-refractivity contribution in [3.8, 4) is 0 Å². The summed E-state index contributed by atoms with van der Waals surface area (Å²) in [5.41, 5.74) is -0.280. The van der Waals surface area contributed by atoms with E-state index in [1.54, 1.807) is 0 Å². The maximum absolute atomic E-state index is 12.2. The first-order chi connectivity index (χ1) is 9.12. The molecule has 0 spiro atoms. The molecule has 1 atom stereocenters. The lowest BCUT2D eigenvalue weighted by molar-refractivity contribution is -0.156. The van der Waals surface area contributed by atoms with Crippen molar-refractivity contribution in [1.82, 2.24) is 4.90 Å². The largest absolute Gasteiger partial charge is 0.464 e. The van der Waals surface area contributed by atoms with E-state index in [0.29, 0.717) is 6.61 Å². The summed E-state index contributed by atoms with van der Waals surface area (Å²) in [6.07, 6.45) is 7.98. The van der Waals surface area contributed by atoms with Crippen LogP contribution in [-0.2, 0) is 9.53 Å². The average molecular weight is 306 g/mol. The van der Waals surface area contributed by atoms with Gasteiger partial charge in [0, 0.05) is 6.54 Å². The van der Waals surface area contributed by atoms with Crippen LogP contribution < -0.4 is 0 Å². The van der Waals surface area contributed by atoms with E-state index in [1.807, 2.05) is 6.92 Å². The van der Waals surface area contributed by atoms with Crippen LogP contribution in [0.4, 0.5) is 0 Å². The third kappa shape index (κ3) is 6.45. The molecule has 0 aromatic rings. The summed E-state index contributed by atoms with van der Waals surface area (Å²) in [7, 11) is 0. The second kappa shape index (κ2) is 10.4. The minimum atomic E-state index is -0.280. The molecule has 20 heavy (non-hydrogen) atoms. The van der Waals surface area contributed by atoms with Gasteiger partial charge in [-0.2, -0.15) is 0 Å². The number of carbonyl (C=O) groups excluding carboxylic acids is 1. The number of rotatable bonds is 8. The third-order valence-electron chi connectivity index (χ3n) is 4.44. The van der Waals surface area contributed by atoms with Crippen LogP contribution in [0.15, 0.2) is 0 Å². The van der Waals surface area contributed by atoms with Crippen LogP contribution in [0, 0.1) is 5.41 Å². The highest BCUT2D eigenvalue weighted by molar-refractivity contribution is 5.85. The minimum absolute atomic E-state index is 0. The molecule has 1 aliphatic heterocycles. The number of hydrogen-bond donors (Lipinski definition) is 0. The standard InChI is InChI=1S/C16H31NO2.ClH/c1-4-6-10-16(3,5-2)15(18)19-14-13-17-11-8-7-9-12-17;/h4-14H2,1-3H3;1H. The highest BCUT2D eigenvalue weighted by atomic mass is 35.5. The Bertz CT molecular complexity index is 267. The van der Waals surface area contributed by atoms with Gasteiger partial charge in [-0.25, -0.2) is 0 Å². The predicted molar refractivity (Wildman–Crippen MR) is 86.4 cm³/mol. The van der Waals surface area contributed by atoms with Crippen molar-refractivity contribution in [2.45, 2.75) is 65.7 Å². The number of nitrogens with zero attached hydrogens (tertiary/aromatic N) is 1. The van der Waals surface area contributed by atoms with Crippen molar-refractivity contribution >= 4 is 18.4 Å². The number of esters is 1. The Labute approximate surface area is 130 Å². The zero-order valence-electron chi connectivity index (χ0n) is 13.5. The molecule has 1 aliphatic rings. The number of carbonyl (C=O) groups is 1. The summed E-state index contributed by atoms with van der Waals surface area (Å²) in [5, 5.41) is 0. The Morgan fingerprint density at radius 2 is 1.85 bits per heavy atom.